The van der Waals surface area contributed by atoms with Crippen LogP contribution in [0, 0.1) is 0 Å². The second-order valence-corrected chi connectivity index (χ2v) is 6.32. The molecule has 0 aliphatic carbocycles. The lowest BCUT2D eigenvalue weighted by Gasteiger charge is -2.11. The highest BCUT2D eigenvalue weighted by molar-refractivity contribution is 6.30. The Balaban J connectivity index is 1.95. The first-order chi connectivity index (χ1) is 13.1. The maximum atomic E-state index is 13.0. The molecule has 0 saturated heterocycles. The van der Waals surface area contributed by atoms with Gasteiger partial charge >= 0.3 is 0 Å². The van der Waals surface area contributed by atoms with Crippen LogP contribution in [-0.2, 0) is 6.54 Å². The van der Waals surface area contributed by atoms with Crippen LogP contribution in [0.3, 0.4) is 0 Å². The molecule has 0 amide bonds. The molecule has 0 aliphatic heterocycles. The van der Waals surface area contributed by atoms with Crippen LogP contribution >= 0.6 is 11.6 Å². The van der Waals surface area contributed by atoms with Crippen LogP contribution < -0.4 is 5.56 Å². The van der Waals surface area contributed by atoms with E-state index in [0.717, 1.165) is 0 Å². The molecule has 27 heavy (non-hydrogen) atoms. The lowest BCUT2D eigenvalue weighted by atomic mass is 10.1. The van der Waals surface area contributed by atoms with Crippen molar-refractivity contribution in [2.45, 2.75) is 6.54 Å². The second-order valence-electron chi connectivity index (χ2n) is 5.88. The summed E-state index contributed by atoms with van der Waals surface area (Å²) in [5.74, 6) is 0.0166. The molecule has 2 heterocycles. The van der Waals surface area contributed by atoms with E-state index in [1.165, 1.54) is 4.57 Å². The summed E-state index contributed by atoms with van der Waals surface area (Å²) < 4.78 is 6.79. The summed E-state index contributed by atoms with van der Waals surface area (Å²) in [5.41, 5.74) is 0.756. The standard InChI is InChI=1S/C20H14ClN3O3/c1-2-10-24-15-9-4-3-8-14(15)17(25)16(20(24)26)19-22-18(23-27-19)12-6-5-7-13(21)11-12/h2-9,11,25H,1,10H2. The van der Waals surface area contributed by atoms with Gasteiger partial charge in [-0.2, -0.15) is 4.98 Å². The minimum atomic E-state index is -0.438. The largest absolute Gasteiger partial charge is 0.506 e. The number of allylic oxidation sites excluding steroid dienone is 1. The van der Waals surface area contributed by atoms with E-state index in [2.05, 4.69) is 16.7 Å². The van der Waals surface area contributed by atoms with Gasteiger partial charge in [-0.1, -0.05) is 47.1 Å². The lowest BCUT2D eigenvalue weighted by molar-refractivity contribution is 0.425. The van der Waals surface area contributed by atoms with E-state index >= 15 is 0 Å². The van der Waals surface area contributed by atoms with Crippen molar-refractivity contribution in [3.05, 3.63) is 76.6 Å². The van der Waals surface area contributed by atoms with Gasteiger partial charge in [0.25, 0.3) is 11.4 Å². The number of fused-ring (bicyclic) bond motifs is 1. The fourth-order valence-corrected chi connectivity index (χ4v) is 3.15. The number of hydrogen-bond acceptors (Lipinski definition) is 5. The summed E-state index contributed by atoms with van der Waals surface area (Å²) in [6.45, 7) is 3.97. The molecule has 2 aromatic heterocycles. The highest BCUT2D eigenvalue weighted by Crippen LogP contribution is 2.33. The molecule has 0 fully saturated rings. The van der Waals surface area contributed by atoms with Crippen LogP contribution in [-0.4, -0.2) is 19.8 Å². The average Bonchev–Trinajstić information content (AvgIpc) is 3.15. The van der Waals surface area contributed by atoms with Crippen LogP contribution in [0.4, 0.5) is 0 Å². The molecule has 0 aliphatic rings. The maximum absolute atomic E-state index is 13.0. The third kappa shape index (κ3) is 2.90. The number of pyridine rings is 1. The summed E-state index contributed by atoms with van der Waals surface area (Å²) in [6, 6.07) is 14.0. The van der Waals surface area contributed by atoms with Gasteiger partial charge in [0.15, 0.2) is 0 Å². The first-order valence-electron chi connectivity index (χ1n) is 8.15. The van der Waals surface area contributed by atoms with Gasteiger partial charge in [-0.25, -0.2) is 0 Å². The molecule has 0 radical (unpaired) electrons. The molecule has 0 bridgehead atoms. The molecule has 2 aromatic carbocycles. The van der Waals surface area contributed by atoms with Crippen molar-refractivity contribution in [3.8, 4) is 28.6 Å². The molecule has 0 saturated carbocycles. The molecule has 4 rings (SSSR count). The first kappa shape index (κ1) is 17.1. The summed E-state index contributed by atoms with van der Waals surface area (Å²) in [4.78, 5) is 17.3. The third-order valence-corrected chi connectivity index (χ3v) is 4.42. The number of rotatable bonds is 4. The van der Waals surface area contributed by atoms with Gasteiger partial charge in [-0.05, 0) is 24.3 Å². The topological polar surface area (TPSA) is 81.2 Å². The second kappa shape index (κ2) is 6.74. The predicted molar refractivity (Wildman–Crippen MR) is 104 cm³/mol. The quantitative estimate of drug-likeness (QED) is 0.536. The lowest BCUT2D eigenvalue weighted by Crippen LogP contribution is -2.22. The van der Waals surface area contributed by atoms with Gasteiger partial charge in [-0.15, -0.1) is 6.58 Å². The van der Waals surface area contributed by atoms with E-state index in [1.807, 2.05) is 0 Å². The first-order valence-corrected chi connectivity index (χ1v) is 8.53. The molecule has 134 valence electrons. The number of benzene rings is 2. The molecule has 1 N–H and O–H groups in total. The van der Waals surface area contributed by atoms with Gasteiger partial charge in [-0.3, -0.25) is 4.79 Å². The summed E-state index contributed by atoms with van der Waals surface area (Å²) in [5, 5.41) is 15.7. The fraction of sp³-hybridized carbons (Fsp3) is 0.0500. The predicted octanol–water partition coefficient (Wildman–Crippen LogP) is 4.26. The Kier molecular flexibility index (Phi) is 4.25. The molecular formula is C20H14ClN3O3. The van der Waals surface area contributed by atoms with Gasteiger partial charge < -0.3 is 14.2 Å². The summed E-state index contributed by atoms with van der Waals surface area (Å²) in [6.07, 6.45) is 1.61. The Morgan fingerprint density at radius 1 is 1.22 bits per heavy atom. The van der Waals surface area contributed by atoms with Gasteiger partial charge in [0.05, 0.1) is 5.52 Å². The van der Waals surface area contributed by atoms with E-state index in [9.17, 15) is 9.90 Å². The van der Waals surface area contributed by atoms with Crippen LogP contribution in [0.25, 0.3) is 33.7 Å². The number of para-hydroxylation sites is 1. The highest BCUT2D eigenvalue weighted by Gasteiger charge is 2.22. The molecular weight excluding hydrogens is 366 g/mol. The Labute approximate surface area is 159 Å². The highest BCUT2D eigenvalue weighted by atomic mass is 35.5. The minimum absolute atomic E-state index is 0.0451. The zero-order chi connectivity index (χ0) is 19.0. The maximum Gasteiger partial charge on any atom is 0.268 e. The number of aromatic hydroxyl groups is 1. The van der Waals surface area contributed by atoms with Crippen molar-refractivity contribution >= 4 is 22.5 Å². The van der Waals surface area contributed by atoms with Gasteiger partial charge in [0.1, 0.15) is 11.3 Å². The molecule has 4 aromatic rings. The number of aromatic nitrogens is 3. The SMILES string of the molecule is C=CCn1c(=O)c(-c2nc(-c3cccc(Cl)c3)no2)c(O)c2ccccc21. The number of halogens is 1. The molecule has 6 nitrogen and oxygen atoms in total. The van der Waals surface area contributed by atoms with Crippen LogP contribution in [0.15, 0.2) is 70.5 Å². The van der Waals surface area contributed by atoms with E-state index in [0.29, 0.717) is 21.5 Å². The zero-order valence-corrected chi connectivity index (χ0v) is 14.8. The van der Waals surface area contributed by atoms with E-state index in [-0.39, 0.29) is 29.6 Å². The Bertz CT molecular complexity index is 1230. The third-order valence-electron chi connectivity index (χ3n) is 4.18. The summed E-state index contributed by atoms with van der Waals surface area (Å²) >= 11 is 6.00. The Morgan fingerprint density at radius 3 is 2.81 bits per heavy atom. The van der Waals surface area contributed by atoms with Crippen LogP contribution in [0.1, 0.15) is 0 Å². The van der Waals surface area contributed by atoms with Crippen molar-refractivity contribution in [1.82, 2.24) is 14.7 Å². The van der Waals surface area contributed by atoms with Gasteiger partial charge in [0.2, 0.25) is 5.82 Å². The smallest absolute Gasteiger partial charge is 0.268 e. The molecule has 0 spiro atoms. The van der Waals surface area contributed by atoms with Crippen molar-refractivity contribution in [1.29, 1.82) is 0 Å². The Morgan fingerprint density at radius 2 is 2.04 bits per heavy atom. The van der Waals surface area contributed by atoms with E-state index < -0.39 is 5.56 Å². The normalized spacial score (nSPS) is 11.0. The van der Waals surface area contributed by atoms with Gasteiger partial charge in [0, 0.05) is 22.5 Å². The number of nitrogens with zero attached hydrogens (tertiary/aromatic N) is 3. The van der Waals surface area contributed by atoms with E-state index in [4.69, 9.17) is 16.1 Å². The average molecular weight is 380 g/mol. The number of hydrogen-bond donors (Lipinski definition) is 1. The molecule has 7 heteroatoms. The zero-order valence-electron chi connectivity index (χ0n) is 14.1. The Hall–Kier alpha value is -3.38. The van der Waals surface area contributed by atoms with Crippen LogP contribution in [0.2, 0.25) is 5.02 Å². The fourth-order valence-electron chi connectivity index (χ4n) is 2.96. The van der Waals surface area contributed by atoms with Crippen molar-refractivity contribution in [2.75, 3.05) is 0 Å². The van der Waals surface area contributed by atoms with Crippen LogP contribution in [0.5, 0.6) is 5.75 Å². The minimum Gasteiger partial charge on any atom is -0.506 e. The van der Waals surface area contributed by atoms with Crippen molar-refractivity contribution in [2.24, 2.45) is 0 Å². The monoisotopic (exact) mass is 379 g/mol. The van der Waals surface area contributed by atoms with Crippen molar-refractivity contribution in [3.63, 3.8) is 0 Å². The van der Waals surface area contributed by atoms with E-state index in [1.54, 1.807) is 54.6 Å². The molecule has 0 unspecified atom stereocenters. The summed E-state index contributed by atoms with van der Waals surface area (Å²) in [7, 11) is 0. The van der Waals surface area contributed by atoms with Crippen molar-refractivity contribution < 1.29 is 9.63 Å². The molecule has 0 atom stereocenters.